The van der Waals surface area contributed by atoms with Gasteiger partial charge in [-0.25, -0.2) is 0 Å². The molecule has 0 unspecified atom stereocenters. The number of allylic oxidation sites excluding steroid dienone is 2. The second-order valence-electron chi connectivity index (χ2n) is 2.28. The van der Waals surface area contributed by atoms with Gasteiger partial charge >= 0.3 is 0 Å². The summed E-state index contributed by atoms with van der Waals surface area (Å²) < 4.78 is 0. The number of nitrogens with two attached hydrogens (primary N) is 1. The average molecular weight is 163 g/mol. The van der Waals surface area contributed by atoms with Crippen LogP contribution in [0.25, 0.3) is 0 Å². The van der Waals surface area contributed by atoms with Gasteiger partial charge in [0.2, 0.25) is 0 Å². The summed E-state index contributed by atoms with van der Waals surface area (Å²) in [6, 6.07) is 1.96. The van der Waals surface area contributed by atoms with E-state index in [0.29, 0.717) is 11.3 Å². The smallest absolute Gasteiger partial charge is 0.103 e. The Balaban J connectivity index is 4.87. The van der Waals surface area contributed by atoms with E-state index in [0.717, 1.165) is 12.0 Å². The molecule has 0 bridgehead atoms. The Morgan fingerprint density at radius 1 is 1.75 bits per heavy atom. The van der Waals surface area contributed by atoms with E-state index in [1.165, 1.54) is 6.21 Å². The highest BCUT2D eigenvalue weighted by molar-refractivity contribution is 5.85. The second-order valence-corrected chi connectivity index (χ2v) is 2.28. The van der Waals surface area contributed by atoms with Crippen molar-refractivity contribution in [2.45, 2.75) is 13.3 Å². The van der Waals surface area contributed by atoms with Gasteiger partial charge in [0.05, 0.1) is 11.3 Å². The molecule has 12 heavy (non-hydrogen) atoms. The number of hydrogen-bond donors (Lipinski definition) is 1. The van der Waals surface area contributed by atoms with Crippen LogP contribution in [-0.4, -0.2) is 13.3 Å². The fourth-order valence-electron chi connectivity index (χ4n) is 0.669. The van der Waals surface area contributed by atoms with Gasteiger partial charge in [0.15, 0.2) is 0 Å². The van der Waals surface area contributed by atoms with Gasteiger partial charge in [0.25, 0.3) is 0 Å². The third-order valence-electron chi connectivity index (χ3n) is 1.48. The molecular formula is C9H13N3. The Labute approximate surface area is 72.9 Å². The molecule has 0 saturated heterocycles. The summed E-state index contributed by atoms with van der Waals surface area (Å²) in [6.45, 7) is 5.67. The van der Waals surface area contributed by atoms with Crippen LogP contribution in [0.3, 0.4) is 0 Å². The molecule has 0 aliphatic rings. The van der Waals surface area contributed by atoms with Crippen molar-refractivity contribution in [2.75, 3.05) is 7.05 Å². The summed E-state index contributed by atoms with van der Waals surface area (Å²) >= 11 is 0. The molecule has 0 rings (SSSR count). The first-order chi connectivity index (χ1) is 5.67. The van der Waals surface area contributed by atoms with E-state index in [1.54, 1.807) is 7.05 Å². The zero-order chi connectivity index (χ0) is 9.56. The topological polar surface area (TPSA) is 62.2 Å². The third kappa shape index (κ3) is 2.59. The summed E-state index contributed by atoms with van der Waals surface area (Å²) in [4.78, 5) is 3.72. The molecule has 0 spiro atoms. The molecule has 0 amide bonds. The zero-order valence-electron chi connectivity index (χ0n) is 7.46. The van der Waals surface area contributed by atoms with Gasteiger partial charge in [-0.3, -0.25) is 4.99 Å². The monoisotopic (exact) mass is 163 g/mol. The molecular weight excluding hydrogens is 150 g/mol. The maximum absolute atomic E-state index is 8.65. The predicted octanol–water partition coefficient (Wildman–Crippen LogP) is 1.39. The molecule has 64 valence electrons. The number of rotatable bonds is 3. The lowest BCUT2D eigenvalue weighted by atomic mass is 10.1. The van der Waals surface area contributed by atoms with Gasteiger partial charge in [-0.15, -0.1) is 0 Å². The van der Waals surface area contributed by atoms with E-state index in [4.69, 9.17) is 11.0 Å². The van der Waals surface area contributed by atoms with Crippen molar-refractivity contribution in [1.82, 2.24) is 0 Å². The molecule has 3 heteroatoms. The highest BCUT2D eigenvalue weighted by Gasteiger charge is 2.01. The first kappa shape index (κ1) is 10.4. The Bertz CT molecular complexity index is 266. The quantitative estimate of drug-likeness (QED) is 0.388. The van der Waals surface area contributed by atoms with E-state index in [1.807, 2.05) is 13.0 Å². The Morgan fingerprint density at radius 2 is 2.33 bits per heavy atom. The van der Waals surface area contributed by atoms with Crippen LogP contribution in [0.5, 0.6) is 0 Å². The maximum atomic E-state index is 8.65. The van der Waals surface area contributed by atoms with Crippen LogP contribution < -0.4 is 5.73 Å². The highest BCUT2D eigenvalue weighted by atomic mass is 14.7. The number of hydrogen-bond acceptors (Lipinski definition) is 3. The maximum Gasteiger partial charge on any atom is 0.103 e. The lowest BCUT2D eigenvalue weighted by molar-refractivity contribution is 1.09. The van der Waals surface area contributed by atoms with Crippen molar-refractivity contribution in [3.05, 3.63) is 23.4 Å². The summed E-state index contributed by atoms with van der Waals surface area (Å²) in [6.07, 6.45) is 2.19. The minimum atomic E-state index is 0.379. The highest BCUT2D eigenvalue weighted by Crippen LogP contribution is 2.08. The average Bonchev–Trinajstić information content (AvgIpc) is 2.11. The van der Waals surface area contributed by atoms with E-state index in [9.17, 15) is 0 Å². The van der Waals surface area contributed by atoms with Gasteiger partial charge in [0.1, 0.15) is 6.07 Å². The lowest BCUT2D eigenvalue weighted by Crippen LogP contribution is -2.04. The first-order valence-electron chi connectivity index (χ1n) is 3.67. The molecule has 0 aliphatic heterocycles. The fourth-order valence-corrected chi connectivity index (χ4v) is 0.669. The molecule has 0 saturated carbocycles. The molecule has 0 heterocycles. The van der Waals surface area contributed by atoms with Gasteiger partial charge in [-0.05, 0) is 12.0 Å². The van der Waals surface area contributed by atoms with Crippen LogP contribution in [0.2, 0.25) is 0 Å². The van der Waals surface area contributed by atoms with Gasteiger partial charge in [0, 0.05) is 13.3 Å². The van der Waals surface area contributed by atoms with Crippen LogP contribution in [-0.2, 0) is 0 Å². The molecule has 0 aliphatic carbocycles. The predicted molar refractivity (Wildman–Crippen MR) is 50.7 cm³/mol. The molecule has 0 atom stereocenters. The van der Waals surface area contributed by atoms with Crippen molar-refractivity contribution >= 4 is 6.21 Å². The summed E-state index contributed by atoms with van der Waals surface area (Å²) in [7, 11) is 1.60. The Kier molecular flexibility index (Phi) is 4.47. The van der Waals surface area contributed by atoms with Crippen molar-refractivity contribution in [3.8, 4) is 6.07 Å². The van der Waals surface area contributed by atoms with Crippen LogP contribution in [0.15, 0.2) is 28.4 Å². The summed E-state index contributed by atoms with van der Waals surface area (Å²) in [5, 5.41) is 8.65. The Morgan fingerprint density at radius 3 is 2.67 bits per heavy atom. The minimum absolute atomic E-state index is 0.379. The first-order valence-corrected chi connectivity index (χ1v) is 3.67. The number of nitriles is 1. The van der Waals surface area contributed by atoms with E-state index >= 15 is 0 Å². The molecule has 0 radical (unpaired) electrons. The molecule has 0 aromatic rings. The SMILES string of the molecule is C=C(CC)/C(N)=C(/C#N)C=NC. The van der Waals surface area contributed by atoms with Crippen molar-refractivity contribution in [2.24, 2.45) is 10.7 Å². The van der Waals surface area contributed by atoms with Crippen molar-refractivity contribution < 1.29 is 0 Å². The van der Waals surface area contributed by atoms with E-state index in [2.05, 4.69) is 11.6 Å². The second kappa shape index (κ2) is 5.14. The van der Waals surface area contributed by atoms with Crippen molar-refractivity contribution in [1.29, 1.82) is 5.26 Å². The third-order valence-corrected chi connectivity index (χ3v) is 1.48. The van der Waals surface area contributed by atoms with Gasteiger partial charge in [-0.1, -0.05) is 13.5 Å². The Hall–Kier alpha value is -1.56. The van der Waals surface area contributed by atoms with Crippen LogP contribution in [0, 0.1) is 11.3 Å². The van der Waals surface area contributed by atoms with E-state index < -0.39 is 0 Å². The lowest BCUT2D eigenvalue weighted by Gasteiger charge is -2.02. The van der Waals surface area contributed by atoms with Crippen LogP contribution >= 0.6 is 0 Å². The van der Waals surface area contributed by atoms with Gasteiger partial charge in [-0.2, -0.15) is 5.26 Å². The molecule has 0 aromatic carbocycles. The summed E-state index contributed by atoms with van der Waals surface area (Å²) in [5.41, 5.74) is 7.22. The number of nitrogens with zero attached hydrogens (tertiary/aromatic N) is 2. The van der Waals surface area contributed by atoms with Crippen LogP contribution in [0.4, 0.5) is 0 Å². The summed E-state index contributed by atoms with van der Waals surface area (Å²) in [5.74, 6) is 0. The molecule has 0 aromatic heterocycles. The van der Waals surface area contributed by atoms with Gasteiger partial charge < -0.3 is 5.73 Å². The largest absolute Gasteiger partial charge is 0.397 e. The van der Waals surface area contributed by atoms with E-state index in [-0.39, 0.29) is 0 Å². The molecule has 2 N–H and O–H groups in total. The minimum Gasteiger partial charge on any atom is -0.397 e. The van der Waals surface area contributed by atoms with Crippen LogP contribution in [0.1, 0.15) is 13.3 Å². The fraction of sp³-hybridized carbons (Fsp3) is 0.333. The molecule has 0 fully saturated rings. The zero-order valence-corrected chi connectivity index (χ0v) is 7.46. The van der Waals surface area contributed by atoms with Crippen molar-refractivity contribution in [3.63, 3.8) is 0 Å². The normalized spacial score (nSPS) is 12.4. The number of aliphatic imine (C=N–C) groups is 1. The molecule has 3 nitrogen and oxygen atoms in total. The standard InChI is InChI=1S/C9H13N3/c1-4-7(2)9(11)8(5-10)6-12-3/h6H,2,4,11H2,1,3H3/b9-8+,12-6?.